The number of rotatable bonds is 8. The summed E-state index contributed by atoms with van der Waals surface area (Å²) in [6.45, 7) is 15.4. The summed E-state index contributed by atoms with van der Waals surface area (Å²) < 4.78 is 0. The van der Waals surface area contributed by atoms with Gasteiger partial charge in [0.15, 0.2) is 0 Å². The summed E-state index contributed by atoms with van der Waals surface area (Å²) in [6, 6.07) is 0.262. The molecular weight excluding hydrogens is 246 g/mol. The van der Waals surface area contributed by atoms with E-state index in [0.29, 0.717) is 0 Å². The first-order valence-electron chi connectivity index (χ1n) is 7.89. The largest absolute Gasteiger partial charge is 0.336 e. The quantitative estimate of drug-likeness (QED) is 0.575. The van der Waals surface area contributed by atoms with E-state index >= 15 is 0 Å². The summed E-state index contributed by atoms with van der Waals surface area (Å²) in [5.74, 6) is 0.396. The van der Waals surface area contributed by atoms with Crippen LogP contribution in [0, 0.1) is 5.92 Å². The zero-order chi connectivity index (χ0) is 15.7. The Morgan fingerprint density at radius 2 is 1.70 bits per heavy atom. The number of amides is 1. The average Bonchev–Trinajstić information content (AvgIpc) is 2.36. The van der Waals surface area contributed by atoms with Crippen LogP contribution < -0.4 is 0 Å². The van der Waals surface area contributed by atoms with Crippen LogP contribution in [0.3, 0.4) is 0 Å². The van der Waals surface area contributed by atoms with Gasteiger partial charge < -0.3 is 4.90 Å². The number of carbonyl (C=O) groups excluding carboxylic acids is 1. The third-order valence-electron chi connectivity index (χ3n) is 3.67. The van der Waals surface area contributed by atoms with Gasteiger partial charge in [0.2, 0.25) is 5.91 Å². The van der Waals surface area contributed by atoms with Crippen molar-refractivity contribution in [2.24, 2.45) is 5.92 Å². The lowest BCUT2D eigenvalue weighted by Gasteiger charge is -2.28. The van der Waals surface area contributed by atoms with Crippen LogP contribution in [0.2, 0.25) is 0 Å². The van der Waals surface area contributed by atoms with Crippen LogP contribution in [0.4, 0.5) is 0 Å². The Labute approximate surface area is 125 Å². The van der Waals surface area contributed by atoms with Crippen molar-refractivity contribution in [1.82, 2.24) is 4.90 Å². The minimum atomic E-state index is 0.122. The normalized spacial score (nSPS) is 13.3. The lowest BCUT2D eigenvalue weighted by Crippen LogP contribution is -2.40. The van der Waals surface area contributed by atoms with Crippen molar-refractivity contribution in [3.8, 4) is 0 Å². The molecule has 0 aromatic carbocycles. The predicted molar refractivity (Wildman–Crippen MR) is 88.7 cm³/mol. The maximum atomic E-state index is 12.3. The molecule has 20 heavy (non-hydrogen) atoms. The molecule has 0 radical (unpaired) electrons. The van der Waals surface area contributed by atoms with Crippen molar-refractivity contribution >= 4 is 5.91 Å². The molecule has 0 aliphatic heterocycles. The maximum Gasteiger partial charge on any atom is 0.225 e. The molecule has 0 fully saturated rings. The summed E-state index contributed by atoms with van der Waals surface area (Å²) in [6.07, 6.45) is 7.55. The van der Waals surface area contributed by atoms with Crippen LogP contribution in [0.25, 0.3) is 0 Å². The third-order valence-corrected chi connectivity index (χ3v) is 3.67. The molecule has 0 bridgehead atoms. The number of hydrogen-bond acceptors (Lipinski definition) is 1. The van der Waals surface area contributed by atoms with Gasteiger partial charge in [-0.15, -0.1) is 0 Å². The van der Waals surface area contributed by atoms with Gasteiger partial charge in [-0.25, -0.2) is 0 Å². The van der Waals surface area contributed by atoms with Gasteiger partial charge in [-0.3, -0.25) is 4.79 Å². The topological polar surface area (TPSA) is 20.3 Å². The van der Waals surface area contributed by atoms with Gasteiger partial charge in [-0.1, -0.05) is 37.1 Å². The number of allylic oxidation sites excluding steroid dienone is 3. The van der Waals surface area contributed by atoms with Gasteiger partial charge in [0.25, 0.3) is 0 Å². The molecule has 116 valence electrons. The number of nitrogens with zero attached hydrogens (tertiary/aromatic N) is 1. The predicted octanol–water partition coefficient (Wildman–Crippen LogP) is 4.96. The molecule has 0 aromatic heterocycles. The minimum Gasteiger partial charge on any atom is -0.336 e. The zero-order valence-corrected chi connectivity index (χ0v) is 14.5. The van der Waals surface area contributed by atoms with Crippen molar-refractivity contribution in [2.45, 2.75) is 73.8 Å². The Bertz CT molecular complexity index is 348. The van der Waals surface area contributed by atoms with Crippen LogP contribution >= 0.6 is 0 Å². The second-order valence-electron chi connectivity index (χ2n) is 6.26. The van der Waals surface area contributed by atoms with Gasteiger partial charge in [-0.2, -0.15) is 0 Å². The van der Waals surface area contributed by atoms with E-state index in [0.717, 1.165) is 25.8 Å². The van der Waals surface area contributed by atoms with Crippen molar-refractivity contribution in [1.29, 1.82) is 0 Å². The van der Waals surface area contributed by atoms with Crippen LogP contribution in [0.15, 0.2) is 23.3 Å². The lowest BCUT2D eigenvalue weighted by molar-refractivity contribution is -0.136. The average molecular weight is 279 g/mol. The molecule has 0 heterocycles. The number of hydrogen-bond donors (Lipinski definition) is 0. The first kappa shape index (κ1) is 18.9. The molecule has 0 rings (SSSR count). The molecule has 1 unspecified atom stereocenters. The van der Waals surface area contributed by atoms with Crippen molar-refractivity contribution in [3.05, 3.63) is 23.3 Å². The summed E-state index contributed by atoms with van der Waals surface area (Å²) in [5.41, 5.74) is 2.73. The van der Waals surface area contributed by atoms with E-state index in [1.807, 2.05) is 11.8 Å². The van der Waals surface area contributed by atoms with E-state index in [2.05, 4.69) is 53.7 Å². The summed E-state index contributed by atoms with van der Waals surface area (Å²) >= 11 is 0. The SMILES string of the molecule is CCC(C)C(=O)N(C/C=C(\C)CCC=C(C)C)C(C)C. The van der Waals surface area contributed by atoms with E-state index in [1.54, 1.807) is 0 Å². The highest BCUT2D eigenvalue weighted by Crippen LogP contribution is 2.12. The summed E-state index contributed by atoms with van der Waals surface area (Å²) in [4.78, 5) is 14.3. The molecule has 1 amide bonds. The fourth-order valence-electron chi connectivity index (χ4n) is 1.96. The van der Waals surface area contributed by atoms with Gasteiger partial charge in [0.1, 0.15) is 0 Å². The molecule has 0 spiro atoms. The second kappa shape index (κ2) is 9.79. The van der Waals surface area contributed by atoms with Crippen LogP contribution in [-0.2, 0) is 4.79 Å². The highest BCUT2D eigenvalue weighted by molar-refractivity contribution is 5.78. The van der Waals surface area contributed by atoms with Crippen LogP contribution in [0.1, 0.15) is 67.7 Å². The Morgan fingerprint density at radius 1 is 1.10 bits per heavy atom. The fourth-order valence-corrected chi connectivity index (χ4v) is 1.96. The maximum absolute atomic E-state index is 12.3. The van der Waals surface area contributed by atoms with Gasteiger partial charge in [0, 0.05) is 18.5 Å². The minimum absolute atomic E-state index is 0.122. The Balaban J connectivity index is 4.53. The van der Waals surface area contributed by atoms with E-state index in [-0.39, 0.29) is 17.9 Å². The third kappa shape index (κ3) is 7.52. The molecule has 0 saturated heterocycles. The molecule has 2 nitrogen and oxygen atoms in total. The molecular formula is C18H33NO. The zero-order valence-electron chi connectivity index (χ0n) is 14.5. The van der Waals surface area contributed by atoms with Gasteiger partial charge >= 0.3 is 0 Å². The van der Waals surface area contributed by atoms with E-state index in [1.165, 1.54) is 11.1 Å². The van der Waals surface area contributed by atoms with E-state index in [4.69, 9.17) is 0 Å². The number of carbonyl (C=O) groups is 1. The van der Waals surface area contributed by atoms with Crippen LogP contribution in [0.5, 0.6) is 0 Å². The van der Waals surface area contributed by atoms with Crippen LogP contribution in [-0.4, -0.2) is 23.4 Å². The summed E-state index contributed by atoms with van der Waals surface area (Å²) in [7, 11) is 0. The molecule has 0 aromatic rings. The molecule has 0 aliphatic rings. The van der Waals surface area contributed by atoms with Crippen molar-refractivity contribution in [2.75, 3.05) is 6.54 Å². The smallest absolute Gasteiger partial charge is 0.225 e. The van der Waals surface area contributed by atoms with E-state index < -0.39 is 0 Å². The molecule has 0 N–H and O–H groups in total. The Morgan fingerprint density at radius 3 is 2.15 bits per heavy atom. The molecule has 0 saturated carbocycles. The van der Waals surface area contributed by atoms with Crippen molar-refractivity contribution in [3.63, 3.8) is 0 Å². The first-order valence-corrected chi connectivity index (χ1v) is 7.89. The van der Waals surface area contributed by atoms with Crippen molar-refractivity contribution < 1.29 is 4.79 Å². The highest BCUT2D eigenvalue weighted by Gasteiger charge is 2.20. The fraction of sp³-hybridized carbons (Fsp3) is 0.722. The standard InChI is InChI=1S/C18H33NO/c1-8-17(7)18(20)19(15(4)5)13-12-16(6)11-9-10-14(2)3/h10,12,15,17H,8-9,11,13H2,1-7H3/b16-12+. The highest BCUT2D eigenvalue weighted by atomic mass is 16.2. The van der Waals surface area contributed by atoms with Gasteiger partial charge in [0.05, 0.1) is 0 Å². The second-order valence-corrected chi connectivity index (χ2v) is 6.26. The first-order chi connectivity index (χ1) is 9.29. The lowest BCUT2D eigenvalue weighted by atomic mass is 10.1. The Kier molecular flexibility index (Phi) is 9.28. The molecule has 0 aliphatic carbocycles. The van der Waals surface area contributed by atoms with E-state index in [9.17, 15) is 4.79 Å². The summed E-state index contributed by atoms with van der Waals surface area (Å²) in [5, 5.41) is 0. The molecule has 2 heteroatoms. The van der Waals surface area contributed by atoms with Gasteiger partial charge in [-0.05, 0) is 53.9 Å². The monoisotopic (exact) mass is 279 g/mol. The Hall–Kier alpha value is -1.05. The molecule has 1 atom stereocenters.